The Morgan fingerprint density at radius 1 is 1.30 bits per heavy atom. The molecule has 0 unspecified atom stereocenters. The van der Waals surface area contributed by atoms with E-state index in [1.165, 1.54) is 11.5 Å². The standard InChI is InChI=1S/C15H22N6OS/c1-3-13-17-15(23-18-13)20-6-4-5-19(7-8-20)14(22)11-21-10-12(2)9-16-21/h9-10H,3-8,11H2,1-2H3. The molecule has 0 atom stereocenters. The number of aryl methyl sites for hydroxylation is 2. The largest absolute Gasteiger partial charge is 0.345 e. The first-order valence-corrected chi connectivity index (χ1v) is 8.77. The minimum atomic E-state index is 0.126. The average molecular weight is 334 g/mol. The Bertz CT molecular complexity index is 666. The summed E-state index contributed by atoms with van der Waals surface area (Å²) in [6.07, 6.45) is 5.48. The van der Waals surface area contributed by atoms with Crippen molar-refractivity contribution in [3.63, 3.8) is 0 Å². The van der Waals surface area contributed by atoms with E-state index in [1.807, 2.05) is 18.0 Å². The Balaban J connectivity index is 1.58. The SMILES string of the molecule is CCc1nsc(N2CCCN(C(=O)Cn3cc(C)cn3)CC2)n1. The van der Waals surface area contributed by atoms with E-state index >= 15 is 0 Å². The summed E-state index contributed by atoms with van der Waals surface area (Å²) in [5.41, 5.74) is 1.07. The summed E-state index contributed by atoms with van der Waals surface area (Å²) in [5, 5.41) is 5.16. The molecule has 2 aromatic heterocycles. The van der Waals surface area contributed by atoms with Gasteiger partial charge in [0.15, 0.2) is 0 Å². The molecule has 3 heterocycles. The molecule has 0 radical (unpaired) electrons. The van der Waals surface area contributed by atoms with Crippen LogP contribution in [0.5, 0.6) is 0 Å². The Labute approximate surface area is 140 Å². The van der Waals surface area contributed by atoms with E-state index in [4.69, 9.17) is 0 Å². The van der Waals surface area contributed by atoms with Crippen LogP contribution in [-0.4, -0.2) is 56.1 Å². The Hall–Kier alpha value is -1.96. The quantitative estimate of drug-likeness (QED) is 0.844. The molecule has 0 N–H and O–H groups in total. The molecule has 124 valence electrons. The summed E-state index contributed by atoms with van der Waals surface area (Å²) in [4.78, 5) is 21.2. The third kappa shape index (κ3) is 3.87. The number of aromatic nitrogens is 4. The lowest BCUT2D eigenvalue weighted by Crippen LogP contribution is -2.37. The molecule has 1 fully saturated rings. The molecule has 0 saturated carbocycles. The normalized spacial score (nSPS) is 15.7. The second-order valence-electron chi connectivity index (χ2n) is 5.78. The van der Waals surface area contributed by atoms with E-state index in [1.54, 1.807) is 10.9 Å². The first-order chi connectivity index (χ1) is 11.2. The van der Waals surface area contributed by atoms with Crippen molar-refractivity contribution in [3.05, 3.63) is 23.8 Å². The summed E-state index contributed by atoms with van der Waals surface area (Å²) in [7, 11) is 0. The maximum Gasteiger partial charge on any atom is 0.244 e. The highest BCUT2D eigenvalue weighted by Gasteiger charge is 2.21. The summed E-state index contributed by atoms with van der Waals surface area (Å²) in [6.45, 7) is 7.59. The van der Waals surface area contributed by atoms with Gasteiger partial charge >= 0.3 is 0 Å². The number of carbonyl (C=O) groups is 1. The van der Waals surface area contributed by atoms with Crippen LogP contribution in [0.1, 0.15) is 24.7 Å². The van der Waals surface area contributed by atoms with E-state index in [9.17, 15) is 4.79 Å². The smallest absolute Gasteiger partial charge is 0.244 e. The molecule has 0 spiro atoms. The summed E-state index contributed by atoms with van der Waals surface area (Å²) >= 11 is 1.45. The van der Waals surface area contributed by atoms with Crippen molar-refractivity contribution in [1.29, 1.82) is 0 Å². The van der Waals surface area contributed by atoms with Crippen LogP contribution in [0.4, 0.5) is 5.13 Å². The molecule has 2 aromatic rings. The van der Waals surface area contributed by atoms with Crippen molar-refractivity contribution in [3.8, 4) is 0 Å². The molecule has 0 bridgehead atoms. The van der Waals surface area contributed by atoms with Crippen LogP contribution in [0.3, 0.4) is 0 Å². The van der Waals surface area contributed by atoms with Crippen LogP contribution >= 0.6 is 11.5 Å². The molecule has 1 aliphatic heterocycles. The fraction of sp³-hybridized carbons (Fsp3) is 0.600. The zero-order valence-corrected chi connectivity index (χ0v) is 14.4. The summed E-state index contributed by atoms with van der Waals surface area (Å²) in [6, 6.07) is 0. The van der Waals surface area contributed by atoms with Gasteiger partial charge in [0.05, 0.1) is 6.20 Å². The predicted octanol–water partition coefficient (Wildman–Crippen LogP) is 1.34. The highest BCUT2D eigenvalue weighted by Crippen LogP contribution is 2.19. The van der Waals surface area contributed by atoms with Crippen LogP contribution in [0.2, 0.25) is 0 Å². The van der Waals surface area contributed by atoms with Crippen LogP contribution in [0, 0.1) is 6.92 Å². The van der Waals surface area contributed by atoms with Crippen molar-refractivity contribution in [1.82, 2.24) is 24.0 Å². The van der Waals surface area contributed by atoms with Crippen molar-refractivity contribution in [2.45, 2.75) is 33.2 Å². The van der Waals surface area contributed by atoms with Gasteiger partial charge in [0.2, 0.25) is 11.0 Å². The molecule has 3 rings (SSSR count). The number of nitrogens with zero attached hydrogens (tertiary/aromatic N) is 6. The number of amides is 1. The van der Waals surface area contributed by atoms with Gasteiger partial charge in [-0.3, -0.25) is 9.48 Å². The zero-order valence-electron chi connectivity index (χ0n) is 13.6. The van der Waals surface area contributed by atoms with Crippen molar-refractivity contribution < 1.29 is 4.79 Å². The van der Waals surface area contributed by atoms with Crippen LogP contribution in [0.15, 0.2) is 12.4 Å². The Morgan fingerprint density at radius 3 is 2.87 bits per heavy atom. The zero-order chi connectivity index (χ0) is 16.2. The maximum absolute atomic E-state index is 12.4. The van der Waals surface area contributed by atoms with E-state index in [0.29, 0.717) is 6.54 Å². The maximum atomic E-state index is 12.4. The molecule has 0 aromatic carbocycles. The lowest BCUT2D eigenvalue weighted by Gasteiger charge is -2.21. The Kier molecular flexibility index (Phi) is 4.90. The van der Waals surface area contributed by atoms with E-state index in [2.05, 4.69) is 26.3 Å². The van der Waals surface area contributed by atoms with Gasteiger partial charge < -0.3 is 9.80 Å². The fourth-order valence-electron chi connectivity index (χ4n) is 2.67. The minimum Gasteiger partial charge on any atom is -0.345 e. The Morgan fingerprint density at radius 2 is 2.17 bits per heavy atom. The van der Waals surface area contributed by atoms with Gasteiger partial charge in [0, 0.05) is 50.3 Å². The second kappa shape index (κ2) is 7.08. The molecule has 8 heteroatoms. The van der Waals surface area contributed by atoms with Crippen LogP contribution in [0.25, 0.3) is 0 Å². The second-order valence-corrected chi connectivity index (χ2v) is 6.51. The van der Waals surface area contributed by atoms with Gasteiger partial charge in [-0.05, 0) is 18.9 Å². The van der Waals surface area contributed by atoms with E-state index < -0.39 is 0 Å². The van der Waals surface area contributed by atoms with Crippen molar-refractivity contribution in [2.75, 3.05) is 31.1 Å². The number of hydrogen-bond donors (Lipinski definition) is 0. The predicted molar refractivity (Wildman–Crippen MR) is 89.7 cm³/mol. The lowest BCUT2D eigenvalue weighted by molar-refractivity contribution is -0.131. The number of carbonyl (C=O) groups excluding carboxylic acids is 1. The topological polar surface area (TPSA) is 67.2 Å². The van der Waals surface area contributed by atoms with Crippen molar-refractivity contribution >= 4 is 22.6 Å². The third-order valence-electron chi connectivity index (χ3n) is 3.95. The van der Waals surface area contributed by atoms with E-state index in [0.717, 1.165) is 55.5 Å². The fourth-order valence-corrected chi connectivity index (χ4v) is 3.47. The highest BCUT2D eigenvalue weighted by atomic mass is 32.1. The summed E-state index contributed by atoms with van der Waals surface area (Å²) < 4.78 is 6.06. The molecule has 23 heavy (non-hydrogen) atoms. The van der Waals surface area contributed by atoms with Gasteiger partial charge in [0.25, 0.3) is 0 Å². The van der Waals surface area contributed by atoms with Gasteiger partial charge in [-0.15, -0.1) is 0 Å². The molecule has 0 aliphatic carbocycles. The molecular formula is C15H22N6OS. The monoisotopic (exact) mass is 334 g/mol. The van der Waals surface area contributed by atoms with Crippen LogP contribution in [-0.2, 0) is 17.8 Å². The molecule has 1 saturated heterocycles. The van der Waals surface area contributed by atoms with Gasteiger partial charge in [-0.1, -0.05) is 6.92 Å². The first-order valence-electron chi connectivity index (χ1n) is 8.00. The highest BCUT2D eigenvalue weighted by molar-refractivity contribution is 7.09. The van der Waals surface area contributed by atoms with E-state index in [-0.39, 0.29) is 5.91 Å². The number of hydrogen-bond acceptors (Lipinski definition) is 6. The number of rotatable bonds is 4. The molecule has 1 aliphatic rings. The van der Waals surface area contributed by atoms with Gasteiger partial charge in [-0.25, -0.2) is 4.98 Å². The van der Waals surface area contributed by atoms with Gasteiger partial charge in [0.1, 0.15) is 12.4 Å². The van der Waals surface area contributed by atoms with Crippen LogP contribution < -0.4 is 4.90 Å². The molecule has 7 nitrogen and oxygen atoms in total. The van der Waals surface area contributed by atoms with Gasteiger partial charge in [-0.2, -0.15) is 9.47 Å². The summed E-state index contributed by atoms with van der Waals surface area (Å²) in [5.74, 6) is 1.03. The first kappa shape index (κ1) is 15.9. The third-order valence-corrected chi connectivity index (χ3v) is 4.77. The molecule has 1 amide bonds. The lowest BCUT2D eigenvalue weighted by atomic mass is 10.3. The minimum absolute atomic E-state index is 0.126. The van der Waals surface area contributed by atoms with Crippen molar-refractivity contribution in [2.24, 2.45) is 0 Å². The molecular weight excluding hydrogens is 312 g/mol. The number of anilines is 1. The average Bonchev–Trinajstić information content (AvgIpc) is 3.10.